The van der Waals surface area contributed by atoms with Crippen molar-refractivity contribution in [3.63, 3.8) is 0 Å². The molecule has 0 spiro atoms. The van der Waals surface area contributed by atoms with Gasteiger partial charge >= 0.3 is 0 Å². The van der Waals surface area contributed by atoms with E-state index in [1.54, 1.807) is 14.2 Å². The number of benzene rings is 2. The number of ether oxygens (including phenoxy) is 2. The molecule has 0 aliphatic carbocycles. The largest absolute Gasteiger partial charge is 0.496 e. The summed E-state index contributed by atoms with van der Waals surface area (Å²) in [6.45, 7) is 3.92. The number of nitrogens with one attached hydrogen (secondary N) is 1. The number of aryl methyl sites for hydroxylation is 1. The van der Waals surface area contributed by atoms with Crippen LogP contribution in [0.15, 0.2) is 42.5 Å². The predicted molar refractivity (Wildman–Crippen MR) is 91.0 cm³/mol. The minimum absolute atomic E-state index is 0.0204. The summed E-state index contributed by atoms with van der Waals surface area (Å²) in [6, 6.07) is 13.4. The summed E-state index contributed by atoms with van der Waals surface area (Å²) in [5.74, 6) is 1.59. The second-order valence-corrected chi connectivity index (χ2v) is 5.51. The molecule has 1 unspecified atom stereocenters. The van der Waals surface area contributed by atoms with Gasteiger partial charge in [-0.3, -0.25) is 4.79 Å². The van der Waals surface area contributed by atoms with Gasteiger partial charge in [-0.25, -0.2) is 0 Å². The second kappa shape index (κ2) is 7.68. The van der Waals surface area contributed by atoms with E-state index in [4.69, 9.17) is 9.47 Å². The van der Waals surface area contributed by atoms with E-state index in [1.165, 1.54) is 0 Å². The molecule has 0 bridgehead atoms. The molecule has 23 heavy (non-hydrogen) atoms. The van der Waals surface area contributed by atoms with Crippen LogP contribution in [0.4, 0.5) is 0 Å². The Bertz CT molecular complexity index is 682. The van der Waals surface area contributed by atoms with Gasteiger partial charge in [0.25, 0.3) is 0 Å². The lowest BCUT2D eigenvalue weighted by molar-refractivity contribution is -0.121. The molecule has 0 saturated heterocycles. The van der Waals surface area contributed by atoms with Crippen LogP contribution in [0.2, 0.25) is 0 Å². The highest BCUT2D eigenvalue weighted by atomic mass is 16.5. The van der Waals surface area contributed by atoms with E-state index in [1.807, 2.05) is 56.3 Å². The molecule has 0 saturated carbocycles. The zero-order valence-electron chi connectivity index (χ0n) is 14.1. The lowest BCUT2D eigenvalue weighted by Gasteiger charge is -2.17. The van der Waals surface area contributed by atoms with Crippen molar-refractivity contribution in [2.45, 2.75) is 26.3 Å². The van der Waals surface area contributed by atoms with E-state index >= 15 is 0 Å². The molecule has 122 valence electrons. The van der Waals surface area contributed by atoms with Crippen molar-refractivity contribution in [2.24, 2.45) is 0 Å². The van der Waals surface area contributed by atoms with Crippen LogP contribution >= 0.6 is 0 Å². The van der Waals surface area contributed by atoms with Crippen LogP contribution in [0.25, 0.3) is 0 Å². The SMILES string of the molecule is COc1ccc(CC(=O)NC(C)c2ccccc2OC)cc1C. The molecular formula is C19H23NO3. The molecule has 4 nitrogen and oxygen atoms in total. The number of amides is 1. The summed E-state index contributed by atoms with van der Waals surface area (Å²) in [5, 5.41) is 3.02. The predicted octanol–water partition coefficient (Wildman–Crippen LogP) is 3.43. The van der Waals surface area contributed by atoms with Gasteiger partial charge in [-0.15, -0.1) is 0 Å². The van der Waals surface area contributed by atoms with Gasteiger partial charge in [-0.1, -0.05) is 30.3 Å². The summed E-state index contributed by atoms with van der Waals surface area (Å²) >= 11 is 0. The van der Waals surface area contributed by atoms with Crippen LogP contribution in [0, 0.1) is 6.92 Å². The van der Waals surface area contributed by atoms with Gasteiger partial charge < -0.3 is 14.8 Å². The van der Waals surface area contributed by atoms with Gasteiger partial charge in [0.1, 0.15) is 11.5 Å². The van der Waals surface area contributed by atoms with E-state index in [0.717, 1.165) is 28.2 Å². The summed E-state index contributed by atoms with van der Waals surface area (Å²) < 4.78 is 10.6. The standard InChI is InChI=1S/C19H23NO3/c1-13-11-15(9-10-17(13)22-3)12-19(21)20-14(2)16-7-5-6-8-18(16)23-4/h5-11,14H,12H2,1-4H3,(H,20,21). The van der Waals surface area contributed by atoms with E-state index in [9.17, 15) is 4.79 Å². The van der Waals surface area contributed by atoms with Crippen LogP contribution < -0.4 is 14.8 Å². The fourth-order valence-electron chi connectivity index (χ4n) is 2.63. The molecule has 2 aromatic rings. The molecule has 0 aliphatic heterocycles. The Morgan fingerprint density at radius 3 is 2.43 bits per heavy atom. The first kappa shape index (κ1) is 16.9. The first-order chi connectivity index (χ1) is 11.0. The first-order valence-electron chi connectivity index (χ1n) is 7.61. The van der Waals surface area contributed by atoms with Gasteiger partial charge in [0.2, 0.25) is 5.91 Å². The number of carbonyl (C=O) groups excluding carboxylic acids is 1. The molecule has 0 aromatic heterocycles. The van der Waals surface area contributed by atoms with Crippen molar-refractivity contribution in [2.75, 3.05) is 14.2 Å². The third-order valence-electron chi connectivity index (χ3n) is 3.81. The Balaban J connectivity index is 2.03. The van der Waals surface area contributed by atoms with Gasteiger partial charge in [-0.05, 0) is 37.1 Å². The zero-order chi connectivity index (χ0) is 16.8. The molecule has 1 amide bonds. The summed E-state index contributed by atoms with van der Waals surface area (Å²) in [7, 11) is 3.27. The zero-order valence-corrected chi connectivity index (χ0v) is 14.1. The molecule has 2 rings (SSSR count). The number of methoxy groups -OCH3 is 2. The van der Waals surface area contributed by atoms with Crippen molar-refractivity contribution >= 4 is 5.91 Å². The highest BCUT2D eigenvalue weighted by Gasteiger charge is 2.14. The third-order valence-corrected chi connectivity index (χ3v) is 3.81. The minimum Gasteiger partial charge on any atom is -0.496 e. The molecule has 0 fully saturated rings. The van der Waals surface area contributed by atoms with E-state index < -0.39 is 0 Å². The molecule has 1 N–H and O–H groups in total. The molecule has 2 aromatic carbocycles. The minimum atomic E-state index is -0.113. The highest BCUT2D eigenvalue weighted by molar-refractivity contribution is 5.79. The average Bonchev–Trinajstić information content (AvgIpc) is 2.54. The number of carbonyl (C=O) groups is 1. The number of hydrogen-bond donors (Lipinski definition) is 1. The van der Waals surface area contributed by atoms with E-state index in [0.29, 0.717) is 6.42 Å². The molecule has 0 heterocycles. The number of para-hydroxylation sites is 1. The fourth-order valence-corrected chi connectivity index (χ4v) is 2.63. The van der Waals surface area contributed by atoms with Crippen LogP contribution in [-0.2, 0) is 11.2 Å². The maximum absolute atomic E-state index is 12.3. The van der Waals surface area contributed by atoms with Crippen LogP contribution in [0.5, 0.6) is 11.5 Å². The quantitative estimate of drug-likeness (QED) is 0.889. The van der Waals surface area contributed by atoms with Gasteiger partial charge in [0.05, 0.1) is 26.7 Å². The third kappa shape index (κ3) is 4.25. The Morgan fingerprint density at radius 2 is 1.78 bits per heavy atom. The van der Waals surface area contributed by atoms with Crippen molar-refractivity contribution < 1.29 is 14.3 Å². The summed E-state index contributed by atoms with van der Waals surface area (Å²) in [5.41, 5.74) is 2.96. The van der Waals surface area contributed by atoms with Crippen molar-refractivity contribution in [3.05, 3.63) is 59.2 Å². The van der Waals surface area contributed by atoms with Gasteiger partial charge in [0.15, 0.2) is 0 Å². The Hall–Kier alpha value is -2.49. The molecule has 1 atom stereocenters. The average molecular weight is 313 g/mol. The lowest BCUT2D eigenvalue weighted by Crippen LogP contribution is -2.28. The topological polar surface area (TPSA) is 47.6 Å². The maximum Gasteiger partial charge on any atom is 0.224 e. The van der Waals surface area contributed by atoms with Gasteiger partial charge in [0, 0.05) is 5.56 Å². The number of rotatable bonds is 6. The van der Waals surface area contributed by atoms with E-state index in [-0.39, 0.29) is 11.9 Å². The van der Waals surface area contributed by atoms with Crippen molar-refractivity contribution in [1.29, 1.82) is 0 Å². The van der Waals surface area contributed by atoms with Crippen molar-refractivity contribution in [3.8, 4) is 11.5 Å². The normalized spacial score (nSPS) is 11.7. The first-order valence-corrected chi connectivity index (χ1v) is 7.61. The molecular weight excluding hydrogens is 290 g/mol. The Morgan fingerprint density at radius 1 is 1.09 bits per heavy atom. The smallest absolute Gasteiger partial charge is 0.224 e. The second-order valence-electron chi connectivity index (χ2n) is 5.51. The van der Waals surface area contributed by atoms with Crippen molar-refractivity contribution in [1.82, 2.24) is 5.32 Å². The Kier molecular flexibility index (Phi) is 5.63. The van der Waals surface area contributed by atoms with E-state index in [2.05, 4.69) is 5.32 Å². The van der Waals surface area contributed by atoms with Crippen LogP contribution in [0.1, 0.15) is 29.7 Å². The van der Waals surface area contributed by atoms with Crippen LogP contribution in [0.3, 0.4) is 0 Å². The Labute approximate surface area is 137 Å². The summed E-state index contributed by atoms with van der Waals surface area (Å²) in [4.78, 5) is 12.3. The monoisotopic (exact) mass is 313 g/mol. The molecule has 0 aliphatic rings. The number of hydrogen-bond acceptors (Lipinski definition) is 3. The van der Waals surface area contributed by atoms with Gasteiger partial charge in [-0.2, -0.15) is 0 Å². The molecule has 0 radical (unpaired) electrons. The molecule has 4 heteroatoms. The summed E-state index contributed by atoms with van der Waals surface area (Å²) in [6.07, 6.45) is 0.338. The highest BCUT2D eigenvalue weighted by Crippen LogP contribution is 2.24. The maximum atomic E-state index is 12.3. The fraction of sp³-hybridized carbons (Fsp3) is 0.316. The lowest BCUT2D eigenvalue weighted by atomic mass is 10.1. The van der Waals surface area contributed by atoms with Crippen LogP contribution in [-0.4, -0.2) is 20.1 Å².